The molecule has 3 heterocycles. The lowest BCUT2D eigenvalue weighted by molar-refractivity contribution is 0.346. The number of benzene rings is 1. The molecule has 1 N–H and O–H groups in total. The van der Waals surface area contributed by atoms with Gasteiger partial charge in [-0.1, -0.05) is 11.6 Å². The van der Waals surface area contributed by atoms with Crippen molar-refractivity contribution in [1.82, 2.24) is 14.4 Å². The third-order valence-corrected chi connectivity index (χ3v) is 7.38. The fourth-order valence-electron chi connectivity index (χ4n) is 3.25. The first-order valence-corrected chi connectivity index (χ1v) is 11.7. The van der Waals surface area contributed by atoms with Crippen molar-refractivity contribution in [3.8, 4) is 17.1 Å². The van der Waals surface area contributed by atoms with Crippen molar-refractivity contribution in [3.05, 3.63) is 40.9 Å². The molecule has 0 unspecified atom stereocenters. The predicted molar refractivity (Wildman–Crippen MR) is 111 cm³/mol. The van der Waals surface area contributed by atoms with Gasteiger partial charge in [0.2, 0.25) is 21.7 Å². The maximum atomic E-state index is 13.0. The van der Waals surface area contributed by atoms with Gasteiger partial charge in [0.25, 0.3) is 0 Å². The molecule has 0 bridgehead atoms. The zero-order valence-electron chi connectivity index (χ0n) is 16.0. The summed E-state index contributed by atoms with van der Waals surface area (Å²) in [4.78, 5) is 4.61. The fourth-order valence-corrected chi connectivity index (χ4v) is 5.42. The van der Waals surface area contributed by atoms with Gasteiger partial charge in [-0.25, -0.2) is 8.42 Å². The average Bonchev–Trinajstić information content (AvgIpc) is 3.44. The number of sulfonamides is 1. The number of aromatic nitrogens is 2. The summed E-state index contributed by atoms with van der Waals surface area (Å²) in [7, 11) is -1.99. The predicted octanol–water partition coefficient (Wildman–Crippen LogP) is 3.59. The van der Waals surface area contributed by atoms with Crippen LogP contribution in [0.1, 0.15) is 25.2 Å². The summed E-state index contributed by atoms with van der Waals surface area (Å²) in [5.74, 6) is 1.47. The summed E-state index contributed by atoms with van der Waals surface area (Å²) in [6.45, 7) is 1.37. The summed E-state index contributed by atoms with van der Waals surface area (Å²) >= 11 is 1.56. The number of piperidine rings is 1. The third-order valence-electron chi connectivity index (χ3n) is 4.80. The van der Waals surface area contributed by atoms with Crippen molar-refractivity contribution >= 4 is 27.0 Å². The molecule has 0 atom stereocenters. The van der Waals surface area contributed by atoms with Crippen molar-refractivity contribution in [2.45, 2.75) is 30.7 Å². The van der Waals surface area contributed by atoms with Crippen LogP contribution in [0.4, 0.5) is 5.69 Å². The van der Waals surface area contributed by atoms with E-state index in [9.17, 15) is 8.42 Å². The quantitative estimate of drug-likeness (QED) is 0.607. The first-order chi connectivity index (χ1) is 14.1. The van der Waals surface area contributed by atoms with Gasteiger partial charge in [0.15, 0.2) is 0 Å². The highest BCUT2D eigenvalue weighted by Crippen LogP contribution is 2.30. The topological polar surface area (TPSA) is 97.6 Å². The number of anilines is 1. The number of hydrogen-bond acceptors (Lipinski definition) is 8. The van der Waals surface area contributed by atoms with E-state index in [-0.39, 0.29) is 11.4 Å². The highest BCUT2D eigenvalue weighted by Gasteiger charge is 2.26. The second kappa shape index (κ2) is 8.52. The number of hydrogen-bond donors (Lipinski definition) is 1. The Kier molecular flexibility index (Phi) is 5.84. The molecule has 1 aromatic carbocycles. The molecule has 8 nitrogen and oxygen atoms in total. The number of rotatable bonds is 7. The van der Waals surface area contributed by atoms with Crippen molar-refractivity contribution in [2.24, 2.45) is 0 Å². The Morgan fingerprint density at radius 3 is 2.79 bits per heavy atom. The molecule has 29 heavy (non-hydrogen) atoms. The molecule has 0 amide bonds. The van der Waals surface area contributed by atoms with Crippen LogP contribution in [0.5, 0.6) is 5.75 Å². The SMILES string of the molecule is COc1ccc(S(=O)(=O)N2CCCCC2)cc1NCc1nc(-c2ccsc2)no1. The van der Waals surface area contributed by atoms with E-state index in [0.29, 0.717) is 36.2 Å². The Balaban J connectivity index is 1.53. The van der Waals surface area contributed by atoms with Gasteiger partial charge in [-0.15, -0.1) is 0 Å². The van der Waals surface area contributed by atoms with Crippen LogP contribution in [0.25, 0.3) is 11.4 Å². The Morgan fingerprint density at radius 1 is 1.24 bits per heavy atom. The number of nitrogens with one attached hydrogen (secondary N) is 1. The van der Waals surface area contributed by atoms with E-state index in [4.69, 9.17) is 9.26 Å². The Morgan fingerprint density at radius 2 is 2.07 bits per heavy atom. The number of nitrogens with zero attached hydrogens (tertiary/aromatic N) is 3. The lowest BCUT2D eigenvalue weighted by Gasteiger charge is -2.26. The van der Waals surface area contributed by atoms with Gasteiger partial charge >= 0.3 is 0 Å². The molecule has 10 heteroatoms. The normalized spacial score (nSPS) is 15.3. The summed E-state index contributed by atoms with van der Waals surface area (Å²) in [6.07, 6.45) is 2.85. The van der Waals surface area contributed by atoms with E-state index in [1.165, 1.54) is 0 Å². The van der Waals surface area contributed by atoms with E-state index >= 15 is 0 Å². The van der Waals surface area contributed by atoms with Crippen molar-refractivity contribution in [1.29, 1.82) is 0 Å². The van der Waals surface area contributed by atoms with Crippen LogP contribution < -0.4 is 10.1 Å². The standard InChI is InChI=1S/C19H22N4O4S2/c1-26-17-6-5-15(29(24,25)23-8-3-2-4-9-23)11-16(17)20-12-18-21-19(22-27-18)14-7-10-28-13-14/h5-7,10-11,13,20H,2-4,8-9,12H2,1H3. The fraction of sp³-hybridized carbons (Fsp3) is 0.368. The van der Waals surface area contributed by atoms with E-state index in [1.807, 2.05) is 16.8 Å². The van der Waals surface area contributed by atoms with Crippen LogP contribution in [-0.2, 0) is 16.6 Å². The molecule has 2 aromatic heterocycles. The van der Waals surface area contributed by atoms with Crippen LogP contribution in [0.3, 0.4) is 0 Å². The molecule has 1 saturated heterocycles. The average molecular weight is 435 g/mol. The smallest absolute Gasteiger partial charge is 0.246 e. The molecule has 0 radical (unpaired) electrons. The van der Waals surface area contributed by atoms with Crippen molar-refractivity contribution < 1.29 is 17.7 Å². The summed E-state index contributed by atoms with van der Waals surface area (Å²) in [6, 6.07) is 6.75. The first kappa shape index (κ1) is 19.9. The third kappa shape index (κ3) is 4.29. The molecule has 0 saturated carbocycles. The lowest BCUT2D eigenvalue weighted by atomic mass is 10.2. The van der Waals surface area contributed by atoms with Crippen LogP contribution in [0.2, 0.25) is 0 Å². The lowest BCUT2D eigenvalue weighted by Crippen LogP contribution is -2.35. The van der Waals surface area contributed by atoms with E-state index in [1.54, 1.807) is 41.0 Å². The molecule has 0 spiro atoms. The summed E-state index contributed by atoms with van der Waals surface area (Å²) in [5.41, 5.74) is 1.46. The van der Waals surface area contributed by atoms with Crippen LogP contribution in [0, 0.1) is 0 Å². The number of thiophene rings is 1. The molecular formula is C19H22N4O4S2. The minimum absolute atomic E-state index is 0.243. The largest absolute Gasteiger partial charge is 0.495 e. The van der Waals surface area contributed by atoms with E-state index < -0.39 is 10.0 Å². The van der Waals surface area contributed by atoms with Gasteiger partial charge in [0, 0.05) is 24.0 Å². The van der Waals surface area contributed by atoms with E-state index in [2.05, 4.69) is 15.5 Å². The second-order valence-electron chi connectivity index (χ2n) is 6.70. The minimum atomic E-state index is -3.53. The van der Waals surface area contributed by atoms with Gasteiger partial charge in [-0.2, -0.15) is 20.6 Å². The van der Waals surface area contributed by atoms with E-state index in [0.717, 1.165) is 24.8 Å². The van der Waals surface area contributed by atoms with Crippen LogP contribution in [-0.4, -0.2) is 43.1 Å². The molecular weight excluding hydrogens is 412 g/mol. The molecule has 1 aliphatic rings. The maximum Gasteiger partial charge on any atom is 0.246 e. The molecule has 4 rings (SSSR count). The Hall–Kier alpha value is -2.43. The second-order valence-corrected chi connectivity index (χ2v) is 9.42. The summed E-state index contributed by atoms with van der Waals surface area (Å²) < 4.78 is 38.1. The minimum Gasteiger partial charge on any atom is -0.495 e. The van der Waals surface area contributed by atoms with Gasteiger partial charge in [-0.3, -0.25) is 0 Å². The molecule has 154 valence electrons. The Labute approximate surface area is 173 Å². The van der Waals surface area contributed by atoms with Gasteiger partial charge < -0.3 is 14.6 Å². The van der Waals surface area contributed by atoms with Gasteiger partial charge in [-0.05, 0) is 42.5 Å². The van der Waals surface area contributed by atoms with Crippen LogP contribution >= 0.6 is 11.3 Å². The summed E-state index contributed by atoms with van der Waals surface area (Å²) in [5, 5.41) is 11.0. The highest BCUT2D eigenvalue weighted by molar-refractivity contribution is 7.89. The Bertz CT molecular complexity index is 1060. The molecule has 1 aliphatic heterocycles. The van der Waals surface area contributed by atoms with Crippen molar-refractivity contribution in [3.63, 3.8) is 0 Å². The number of ether oxygens (including phenoxy) is 1. The zero-order valence-corrected chi connectivity index (χ0v) is 17.6. The molecule has 3 aromatic rings. The molecule has 1 fully saturated rings. The monoisotopic (exact) mass is 434 g/mol. The first-order valence-electron chi connectivity index (χ1n) is 9.35. The van der Waals surface area contributed by atoms with Gasteiger partial charge in [0.05, 0.1) is 24.2 Å². The zero-order chi connectivity index (χ0) is 20.3. The molecule has 0 aliphatic carbocycles. The van der Waals surface area contributed by atoms with Gasteiger partial charge in [0.1, 0.15) is 5.75 Å². The van der Waals surface area contributed by atoms with Crippen LogP contribution in [0.15, 0.2) is 44.4 Å². The number of methoxy groups -OCH3 is 1. The maximum absolute atomic E-state index is 13.0. The van der Waals surface area contributed by atoms with Crippen molar-refractivity contribution in [2.75, 3.05) is 25.5 Å². The highest BCUT2D eigenvalue weighted by atomic mass is 32.2.